The van der Waals surface area contributed by atoms with Gasteiger partial charge in [-0.3, -0.25) is 9.89 Å². The number of carbonyl (C=O) groups excluding carboxylic acids is 1. The van der Waals surface area contributed by atoms with Crippen LogP contribution in [-0.2, 0) is 4.74 Å². The van der Waals surface area contributed by atoms with Gasteiger partial charge in [0.15, 0.2) is 0 Å². The molecule has 3 rings (SSSR count). The second-order valence-corrected chi connectivity index (χ2v) is 5.55. The van der Waals surface area contributed by atoms with E-state index in [1.165, 1.54) is 6.33 Å². The van der Waals surface area contributed by atoms with Crippen molar-refractivity contribution in [2.45, 2.75) is 38.4 Å². The van der Waals surface area contributed by atoms with Crippen molar-refractivity contribution in [1.82, 2.24) is 20.1 Å². The number of hydrogen-bond acceptors (Lipinski definition) is 5. The molecule has 20 heavy (non-hydrogen) atoms. The molecule has 1 aliphatic carbocycles. The number of nitrogens with zero attached hydrogens (tertiary/aromatic N) is 3. The number of carbonyl (C=O) groups is 1. The summed E-state index contributed by atoms with van der Waals surface area (Å²) in [6.07, 6.45) is 3.42. The van der Waals surface area contributed by atoms with E-state index in [0.29, 0.717) is 26.1 Å². The average molecular weight is 280 g/mol. The molecule has 1 saturated heterocycles. The molecule has 1 spiro atoms. The van der Waals surface area contributed by atoms with Crippen molar-refractivity contribution in [2.75, 3.05) is 19.7 Å². The van der Waals surface area contributed by atoms with E-state index in [4.69, 9.17) is 4.74 Å². The first-order valence-corrected chi connectivity index (χ1v) is 7.11. The van der Waals surface area contributed by atoms with Crippen LogP contribution in [0.1, 0.15) is 36.8 Å². The van der Waals surface area contributed by atoms with Gasteiger partial charge in [0, 0.05) is 31.5 Å². The first-order chi connectivity index (χ1) is 9.67. The Balaban J connectivity index is 1.63. The summed E-state index contributed by atoms with van der Waals surface area (Å²) in [5.74, 6) is 0.149. The Hall–Kier alpha value is -1.47. The molecule has 0 radical (unpaired) electrons. The monoisotopic (exact) mass is 280 g/mol. The van der Waals surface area contributed by atoms with Crippen LogP contribution in [0.3, 0.4) is 0 Å². The molecule has 0 unspecified atom stereocenters. The summed E-state index contributed by atoms with van der Waals surface area (Å²) in [5, 5.41) is 16.4. The van der Waals surface area contributed by atoms with Crippen molar-refractivity contribution < 1.29 is 14.6 Å². The van der Waals surface area contributed by atoms with E-state index in [1.807, 2.05) is 6.92 Å². The van der Waals surface area contributed by atoms with Gasteiger partial charge in [-0.1, -0.05) is 0 Å². The van der Waals surface area contributed by atoms with Gasteiger partial charge in [-0.15, -0.1) is 0 Å². The van der Waals surface area contributed by atoms with E-state index in [2.05, 4.69) is 15.2 Å². The normalized spacial score (nSPS) is 28.4. The van der Waals surface area contributed by atoms with Gasteiger partial charge in [0.1, 0.15) is 6.33 Å². The molecule has 1 saturated carbocycles. The van der Waals surface area contributed by atoms with E-state index in [-0.39, 0.29) is 29.4 Å². The number of likely N-dealkylation sites (tertiary alicyclic amines) is 1. The minimum Gasteiger partial charge on any atom is -0.392 e. The summed E-state index contributed by atoms with van der Waals surface area (Å²) < 4.78 is 5.72. The van der Waals surface area contributed by atoms with E-state index < -0.39 is 0 Å². The van der Waals surface area contributed by atoms with Crippen LogP contribution in [0.15, 0.2) is 6.33 Å². The zero-order chi connectivity index (χ0) is 14.2. The summed E-state index contributed by atoms with van der Waals surface area (Å²) in [7, 11) is 0. The summed E-state index contributed by atoms with van der Waals surface area (Å²) in [5.41, 5.74) is -0.159. The number of hydrogen-bond donors (Lipinski definition) is 2. The fourth-order valence-electron chi connectivity index (χ4n) is 3.40. The van der Waals surface area contributed by atoms with Crippen LogP contribution >= 0.6 is 0 Å². The van der Waals surface area contributed by atoms with Gasteiger partial charge in [0.2, 0.25) is 5.82 Å². The molecule has 1 aromatic rings. The second-order valence-electron chi connectivity index (χ2n) is 5.55. The van der Waals surface area contributed by atoms with Gasteiger partial charge in [-0.2, -0.15) is 5.10 Å². The highest BCUT2D eigenvalue weighted by atomic mass is 16.5. The van der Waals surface area contributed by atoms with Crippen LogP contribution < -0.4 is 0 Å². The van der Waals surface area contributed by atoms with Gasteiger partial charge in [-0.05, 0) is 19.8 Å². The zero-order valence-electron chi connectivity index (χ0n) is 11.6. The fourth-order valence-corrected chi connectivity index (χ4v) is 3.40. The molecule has 0 bridgehead atoms. The molecule has 2 fully saturated rings. The predicted molar refractivity (Wildman–Crippen MR) is 70.0 cm³/mol. The maximum absolute atomic E-state index is 12.2. The molecule has 7 heteroatoms. The third-order valence-corrected chi connectivity index (χ3v) is 4.71. The van der Waals surface area contributed by atoms with Crippen LogP contribution in [0.25, 0.3) is 0 Å². The molecule has 2 heterocycles. The summed E-state index contributed by atoms with van der Waals surface area (Å²) >= 11 is 0. The Morgan fingerprint density at radius 3 is 2.90 bits per heavy atom. The van der Waals surface area contributed by atoms with Crippen molar-refractivity contribution >= 4 is 5.91 Å². The Kier molecular flexibility index (Phi) is 3.47. The highest BCUT2D eigenvalue weighted by molar-refractivity contribution is 5.90. The van der Waals surface area contributed by atoms with E-state index in [9.17, 15) is 9.90 Å². The molecule has 1 aromatic heterocycles. The number of nitrogens with one attached hydrogen (secondary N) is 1. The third kappa shape index (κ3) is 2.01. The Labute approximate surface area is 117 Å². The van der Waals surface area contributed by atoms with Crippen molar-refractivity contribution in [3.8, 4) is 0 Å². The van der Waals surface area contributed by atoms with Crippen LogP contribution in [-0.4, -0.2) is 63.0 Å². The second kappa shape index (κ2) is 5.14. The average Bonchev–Trinajstić information content (AvgIpc) is 3.01. The van der Waals surface area contributed by atoms with Crippen molar-refractivity contribution in [3.05, 3.63) is 12.2 Å². The number of rotatable bonds is 3. The maximum Gasteiger partial charge on any atom is 0.291 e. The summed E-state index contributed by atoms with van der Waals surface area (Å²) in [4.78, 5) is 17.8. The molecule has 7 nitrogen and oxygen atoms in total. The van der Waals surface area contributed by atoms with Crippen molar-refractivity contribution in [3.63, 3.8) is 0 Å². The van der Waals surface area contributed by atoms with E-state index in [1.54, 1.807) is 4.90 Å². The number of aliphatic hydroxyl groups is 1. The molecule has 2 N–H and O–H groups in total. The summed E-state index contributed by atoms with van der Waals surface area (Å²) in [6, 6.07) is 0. The first-order valence-electron chi connectivity index (χ1n) is 7.11. The topological polar surface area (TPSA) is 91.3 Å². The van der Waals surface area contributed by atoms with E-state index in [0.717, 1.165) is 12.8 Å². The number of H-pyrrole nitrogens is 1. The molecule has 1 aliphatic heterocycles. The number of aromatic amines is 1. The zero-order valence-corrected chi connectivity index (χ0v) is 11.6. The van der Waals surface area contributed by atoms with Crippen molar-refractivity contribution in [1.29, 1.82) is 0 Å². The van der Waals surface area contributed by atoms with Crippen LogP contribution in [0.4, 0.5) is 0 Å². The Bertz CT molecular complexity index is 466. The third-order valence-electron chi connectivity index (χ3n) is 4.71. The molecule has 2 aliphatic rings. The minimum atomic E-state index is -0.304. The lowest BCUT2D eigenvalue weighted by Gasteiger charge is -2.56. The maximum atomic E-state index is 12.2. The lowest BCUT2D eigenvalue weighted by atomic mass is 9.58. The Morgan fingerprint density at radius 1 is 1.60 bits per heavy atom. The lowest BCUT2D eigenvalue weighted by Crippen LogP contribution is -2.62. The molecule has 1 amide bonds. The van der Waals surface area contributed by atoms with Gasteiger partial charge in [0.05, 0.1) is 12.2 Å². The standard InChI is InChI=1S/C13H20N4O3/c1-2-20-10-7-9(18)13(10)3-5-17(6-4-13)12(19)11-14-8-15-16-11/h8-10,18H,2-7H2,1H3,(H,14,15,16)/t9-,10+/m0/s1. The van der Waals surface area contributed by atoms with Gasteiger partial charge in [-0.25, -0.2) is 4.98 Å². The van der Waals surface area contributed by atoms with Crippen molar-refractivity contribution in [2.24, 2.45) is 5.41 Å². The quantitative estimate of drug-likeness (QED) is 0.825. The Morgan fingerprint density at radius 2 is 2.35 bits per heavy atom. The molecule has 110 valence electrons. The minimum absolute atomic E-state index is 0.126. The first kappa shape index (κ1) is 13.5. The molecular formula is C13H20N4O3. The molecule has 2 atom stereocenters. The predicted octanol–water partition coefficient (Wildman–Crippen LogP) is 0.197. The number of aromatic nitrogens is 3. The number of amides is 1. The largest absolute Gasteiger partial charge is 0.392 e. The van der Waals surface area contributed by atoms with E-state index >= 15 is 0 Å². The lowest BCUT2D eigenvalue weighted by molar-refractivity contribution is -0.207. The molecular weight excluding hydrogens is 260 g/mol. The SMILES string of the molecule is CCO[C@@H]1C[C@H](O)C12CCN(C(=O)c1ncn[nH]1)CC2. The van der Waals surface area contributed by atoms with Gasteiger partial charge in [0.25, 0.3) is 5.91 Å². The van der Waals surface area contributed by atoms with Gasteiger partial charge < -0.3 is 14.7 Å². The highest BCUT2D eigenvalue weighted by Gasteiger charge is 2.56. The fraction of sp³-hybridized carbons (Fsp3) is 0.769. The van der Waals surface area contributed by atoms with Crippen LogP contribution in [0, 0.1) is 5.41 Å². The number of ether oxygens (including phenoxy) is 1. The highest BCUT2D eigenvalue weighted by Crippen LogP contribution is 2.50. The van der Waals surface area contributed by atoms with Gasteiger partial charge >= 0.3 is 0 Å². The molecule has 0 aromatic carbocycles. The smallest absolute Gasteiger partial charge is 0.291 e. The van der Waals surface area contributed by atoms with Crippen LogP contribution in [0.5, 0.6) is 0 Å². The number of piperidine rings is 1. The number of aliphatic hydroxyl groups excluding tert-OH is 1. The summed E-state index contributed by atoms with van der Waals surface area (Å²) in [6.45, 7) is 3.89. The van der Waals surface area contributed by atoms with Crippen LogP contribution in [0.2, 0.25) is 0 Å².